The summed E-state index contributed by atoms with van der Waals surface area (Å²) in [6, 6.07) is 0.535. The predicted octanol–water partition coefficient (Wildman–Crippen LogP) is 0.864. The van der Waals surface area contributed by atoms with E-state index in [1.54, 1.807) is 0 Å². The van der Waals surface area contributed by atoms with Gasteiger partial charge in [-0.25, -0.2) is 0 Å². The first-order valence-corrected chi connectivity index (χ1v) is 6.93. The Bertz CT molecular complexity index is 219. The minimum atomic E-state index is 0.428. The molecule has 2 saturated heterocycles. The number of hydrogen-bond acceptors (Lipinski definition) is 4. The molecule has 100 valence electrons. The molecule has 3 unspecified atom stereocenters. The molecule has 0 aromatic rings. The van der Waals surface area contributed by atoms with Crippen LogP contribution < -0.4 is 5.32 Å². The Morgan fingerprint density at radius 2 is 2.06 bits per heavy atom. The van der Waals surface area contributed by atoms with E-state index in [-0.39, 0.29) is 0 Å². The van der Waals surface area contributed by atoms with Crippen molar-refractivity contribution >= 4 is 0 Å². The lowest BCUT2D eigenvalue weighted by atomic mass is 10.2. The Hall–Kier alpha value is -0.160. The number of morpholine rings is 1. The zero-order valence-corrected chi connectivity index (χ0v) is 11.2. The molecule has 0 radical (unpaired) electrons. The fourth-order valence-corrected chi connectivity index (χ4v) is 2.60. The Balaban J connectivity index is 1.58. The van der Waals surface area contributed by atoms with Crippen molar-refractivity contribution < 1.29 is 9.47 Å². The molecule has 0 aliphatic carbocycles. The number of rotatable bonds is 5. The van der Waals surface area contributed by atoms with Crippen LogP contribution in [0.1, 0.15) is 26.7 Å². The fraction of sp³-hybridized carbons (Fsp3) is 1.00. The van der Waals surface area contributed by atoms with E-state index in [0.29, 0.717) is 18.2 Å². The summed E-state index contributed by atoms with van der Waals surface area (Å²) in [4.78, 5) is 2.47. The Labute approximate surface area is 105 Å². The molecule has 0 spiro atoms. The van der Waals surface area contributed by atoms with Gasteiger partial charge in [0.05, 0.1) is 25.4 Å². The molecule has 2 aliphatic rings. The summed E-state index contributed by atoms with van der Waals surface area (Å²) in [7, 11) is 0. The summed E-state index contributed by atoms with van der Waals surface area (Å²) in [6.45, 7) is 10.4. The standard InChI is InChI=1S/C13H26N2O2/c1-11(10-15-5-7-16-8-6-15)14-9-13-4-3-12(2)17-13/h11-14H,3-10H2,1-2H3. The van der Waals surface area contributed by atoms with E-state index < -0.39 is 0 Å². The van der Waals surface area contributed by atoms with Crippen LogP contribution in [0.3, 0.4) is 0 Å². The first-order chi connectivity index (χ1) is 8.24. The lowest BCUT2D eigenvalue weighted by Crippen LogP contribution is -2.45. The quantitative estimate of drug-likeness (QED) is 0.775. The third-order valence-corrected chi connectivity index (χ3v) is 3.65. The molecule has 0 saturated carbocycles. The molecule has 3 atom stereocenters. The van der Waals surface area contributed by atoms with Crippen molar-refractivity contribution in [3.63, 3.8) is 0 Å². The van der Waals surface area contributed by atoms with Gasteiger partial charge in [-0.3, -0.25) is 4.90 Å². The van der Waals surface area contributed by atoms with Crippen LogP contribution in [-0.4, -0.2) is 62.5 Å². The van der Waals surface area contributed by atoms with Crippen LogP contribution in [0.4, 0.5) is 0 Å². The second-order valence-corrected chi connectivity index (χ2v) is 5.37. The highest BCUT2D eigenvalue weighted by atomic mass is 16.5. The van der Waals surface area contributed by atoms with Gasteiger partial charge in [0.25, 0.3) is 0 Å². The van der Waals surface area contributed by atoms with Gasteiger partial charge in [-0.2, -0.15) is 0 Å². The van der Waals surface area contributed by atoms with Gasteiger partial charge in [-0.05, 0) is 26.7 Å². The number of hydrogen-bond donors (Lipinski definition) is 1. The Morgan fingerprint density at radius 3 is 2.71 bits per heavy atom. The largest absolute Gasteiger partial charge is 0.379 e. The van der Waals surface area contributed by atoms with E-state index in [2.05, 4.69) is 24.1 Å². The van der Waals surface area contributed by atoms with Crippen LogP contribution in [0, 0.1) is 0 Å². The monoisotopic (exact) mass is 242 g/mol. The van der Waals surface area contributed by atoms with Crippen molar-refractivity contribution in [2.24, 2.45) is 0 Å². The summed E-state index contributed by atoms with van der Waals surface area (Å²) >= 11 is 0. The van der Waals surface area contributed by atoms with E-state index >= 15 is 0 Å². The third-order valence-electron chi connectivity index (χ3n) is 3.65. The van der Waals surface area contributed by atoms with Gasteiger partial charge in [0.15, 0.2) is 0 Å². The highest BCUT2D eigenvalue weighted by Gasteiger charge is 2.22. The van der Waals surface area contributed by atoms with Gasteiger partial charge in [-0.15, -0.1) is 0 Å². The van der Waals surface area contributed by atoms with E-state index in [1.165, 1.54) is 12.8 Å². The molecule has 2 rings (SSSR count). The second-order valence-electron chi connectivity index (χ2n) is 5.37. The van der Waals surface area contributed by atoms with Crippen LogP contribution >= 0.6 is 0 Å². The van der Waals surface area contributed by atoms with Crippen molar-refractivity contribution in [3.05, 3.63) is 0 Å². The van der Waals surface area contributed by atoms with E-state index in [9.17, 15) is 0 Å². The van der Waals surface area contributed by atoms with Crippen molar-refractivity contribution in [2.75, 3.05) is 39.4 Å². The average Bonchev–Trinajstić information content (AvgIpc) is 2.74. The van der Waals surface area contributed by atoms with Gasteiger partial charge in [0, 0.05) is 32.2 Å². The summed E-state index contributed by atoms with van der Waals surface area (Å²) in [6.07, 6.45) is 3.30. The first-order valence-electron chi connectivity index (χ1n) is 6.93. The van der Waals surface area contributed by atoms with Crippen molar-refractivity contribution in [1.82, 2.24) is 10.2 Å². The fourth-order valence-electron chi connectivity index (χ4n) is 2.60. The topological polar surface area (TPSA) is 33.7 Å². The zero-order chi connectivity index (χ0) is 12.1. The summed E-state index contributed by atoms with van der Waals surface area (Å²) in [5.41, 5.74) is 0. The molecule has 4 heteroatoms. The van der Waals surface area contributed by atoms with Gasteiger partial charge < -0.3 is 14.8 Å². The Kier molecular flexibility index (Phi) is 5.22. The lowest BCUT2D eigenvalue weighted by Gasteiger charge is -2.29. The maximum atomic E-state index is 5.81. The van der Waals surface area contributed by atoms with Crippen LogP contribution in [-0.2, 0) is 9.47 Å². The van der Waals surface area contributed by atoms with Crippen molar-refractivity contribution in [3.8, 4) is 0 Å². The molecule has 0 amide bonds. The molecule has 2 heterocycles. The smallest absolute Gasteiger partial charge is 0.0704 e. The van der Waals surface area contributed by atoms with Crippen LogP contribution in [0.2, 0.25) is 0 Å². The zero-order valence-electron chi connectivity index (χ0n) is 11.2. The number of nitrogens with zero attached hydrogens (tertiary/aromatic N) is 1. The second kappa shape index (κ2) is 6.69. The van der Waals surface area contributed by atoms with E-state index in [4.69, 9.17) is 9.47 Å². The molecular weight excluding hydrogens is 216 g/mol. The van der Waals surface area contributed by atoms with Gasteiger partial charge in [-0.1, -0.05) is 0 Å². The minimum absolute atomic E-state index is 0.428. The molecule has 2 aliphatic heterocycles. The van der Waals surface area contributed by atoms with E-state index in [1.807, 2.05) is 0 Å². The predicted molar refractivity (Wildman–Crippen MR) is 68.3 cm³/mol. The van der Waals surface area contributed by atoms with Crippen molar-refractivity contribution in [1.29, 1.82) is 0 Å². The highest BCUT2D eigenvalue weighted by Crippen LogP contribution is 2.18. The van der Waals surface area contributed by atoms with Crippen LogP contribution in [0.25, 0.3) is 0 Å². The van der Waals surface area contributed by atoms with Gasteiger partial charge in [0.2, 0.25) is 0 Å². The van der Waals surface area contributed by atoms with Gasteiger partial charge >= 0.3 is 0 Å². The molecule has 2 fully saturated rings. The maximum absolute atomic E-state index is 5.81. The lowest BCUT2D eigenvalue weighted by molar-refractivity contribution is 0.0309. The number of ether oxygens (including phenoxy) is 2. The number of nitrogens with one attached hydrogen (secondary N) is 1. The highest BCUT2D eigenvalue weighted by molar-refractivity contribution is 4.76. The van der Waals surface area contributed by atoms with Crippen molar-refractivity contribution in [2.45, 2.75) is 44.9 Å². The van der Waals surface area contributed by atoms with Crippen LogP contribution in [0.15, 0.2) is 0 Å². The molecule has 0 aromatic heterocycles. The molecular formula is C13H26N2O2. The summed E-state index contributed by atoms with van der Waals surface area (Å²) in [5.74, 6) is 0. The molecule has 4 nitrogen and oxygen atoms in total. The Morgan fingerprint density at radius 1 is 1.29 bits per heavy atom. The molecule has 0 bridgehead atoms. The normalized spacial score (nSPS) is 32.8. The average molecular weight is 242 g/mol. The minimum Gasteiger partial charge on any atom is -0.379 e. The van der Waals surface area contributed by atoms with Gasteiger partial charge in [0.1, 0.15) is 0 Å². The van der Waals surface area contributed by atoms with Crippen LogP contribution in [0.5, 0.6) is 0 Å². The molecule has 0 aromatic carbocycles. The first kappa shape index (κ1) is 13.3. The third kappa shape index (κ3) is 4.54. The van der Waals surface area contributed by atoms with E-state index in [0.717, 1.165) is 39.4 Å². The SMILES string of the molecule is CC(CN1CCOCC1)NCC1CCC(C)O1. The molecule has 1 N–H and O–H groups in total. The summed E-state index contributed by atoms with van der Waals surface area (Å²) < 4.78 is 11.2. The summed E-state index contributed by atoms with van der Waals surface area (Å²) in [5, 5.41) is 3.58. The molecule has 17 heavy (non-hydrogen) atoms. The maximum Gasteiger partial charge on any atom is 0.0704 e.